The van der Waals surface area contributed by atoms with Crippen molar-refractivity contribution in [1.82, 2.24) is 14.7 Å². The van der Waals surface area contributed by atoms with Crippen LogP contribution in [0.3, 0.4) is 0 Å². The van der Waals surface area contributed by atoms with Gasteiger partial charge in [0.2, 0.25) is 0 Å². The molecule has 1 amide bonds. The zero-order valence-electron chi connectivity index (χ0n) is 15.2. The Morgan fingerprint density at radius 3 is 2.81 bits per heavy atom. The van der Waals surface area contributed by atoms with E-state index in [0.717, 1.165) is 22.5 Å². The molecule has 1 aliphatic rings. The fourth-order valence-electron chi connectivity index (χ4n) is 3.20. The number of carboxylic acid groups (broad SMARTS) is 1. The Labute approximate surface area is 152 Å². The Morgan fingerprint density at radius 1 is 1.31 bits per heavy atom. The Bertz CT molecular complexity index is 843. The highest BCUT2D eigenvalue weighted by Gasteiger charge is 2.28. The van der Waals surface area contributed by atoms with Crippen LogP contribution in [0.5, 0.6) is 0 Å². The summed E-state index contributed by atoms with van der Waals surface area (Å²) in [5, 5.41) is 13.3. The summed E-state index contributed by atoms with van der Waals surface area (Å²) >= 11 is 0. The minimum absolute atomic E-state index is 0.107. The number of benzene rings is 1. The van der Waals surface area contributed by atoms with E-state index in [1.54, 1.807) is 15.8 Å². The molecule has 7 heteroatoms. The first kappa shape index (κ1) is 18.1. The van der Waals surface area contributed by atoms with Crippen LogP contribution in [-0.2, 0) is 9.53 Å². The van der Waals surface area contributed by atoms with E-state index >= 15 is 0 Å². The molecule has 7 nitrogen and oxygen atoms in total. The Morgan fingerprint density at radius 2 is 2.08 bits per heavy atom. The van der Waals surface area contributed by atoms with E-state index in [0.29, 0.717) is 18.7 Å². The molecule has 1 saturated heterocycles. The van der Waals surface area contributed by atoms with Crippen LogP contribution in [0.15, 0.2) is 24.4 Å². The van der Waals surface area contributed by atoms with Gasteiger partial charge in [0.1, 0.15) is 0 Å². The van der Waals surface area contributed by atoms with Gasteiger partial charge in [-0.15, -0.1) is 0 Å². The first-order chi connectivity index (χ1) is 12.4. The van der Waals surface area contributed by atoms with Crippen molar-refractivity contribution < 1.29 is 19.4 Å². The standard InChI is InChI=1S/C19H23N3O4/c1-12-4-5-13(2)17(8-12)22-14(3)16(10-20-22)19(25)21-6-7-26-15(11-21)9-18(23)24/h4-5,8,10,15H,6-7,9,11H2,1-3H3,(H,23,24)/t15-/m0/s1. The molecule has 138 valence electrons. The van der Waals surface area contributed by atoms with E-state index < -0.39 is 12.1 Å². The van der Waals surface area contributed by atoms with Crippen molar-refractivity contribution in [3.05, 3.63) is 46.8 Å². The lowest BCUT2D eigenvalue weighted by Crippen LogP contribution is -2.46. The van der Waals surface area contributed by atoms with Crippen molar-refractivity contribution in [3.63, 3.8) is 0 Å². The molecule has 0 unspecified atom stereocenters. The van der Waals surface area contributed by atoms with Crippen molar-refractivity contribution in [3.8, 4) is 5.69 Å². The van der Waals surface area contributed by atoms with E-state index in [1.807, 2.05) is 39.0 Å². The van der Waals surface area contributed by atoms with Crippen LogP contribution in [0.25, 0.3) is 5.69 Å². The van der Waals surface area contributed by atoms with Gasteiger partial charge >= 0.3 is 5.97 Å². The summed E-state index contributed by atoms with van der Waals surface area (Å²) in [6, 6.07) is 6.12. The fraction of sp³-hybridized carbons (Fsp3) is 0.421. The van der Waals surface area contributed by atoms with Crippen molar-refractivity contribution >= 4 is 11.9 Å². The molecule has 26 heavy (non-hydrogen) atoms. The number of carboxylic acids is 1. The Hall–Kier alpha value is -2.67. The van der Waals surface area contributed by atoms with Gasteiger partial charge in [-0.05, 0) is 38.0 Å². The molecule has 2 aromatic rings. The normalized spacial score (nSPS) is 17.3. The van der Waals surface area contributed by atoms with E-state index in [1.165, 1.54) is 0 Å². The molecular formula is C19H23N3O4. The molecule has 1 aromatic heterocycles. The molecule has 0 bridgehead atoms. The topological polar surface area (TPSA) is 84.7 Å². The maximum Gasteiger partial charge on any atom is 0.306 e. The lowest BCUT2D eigenvalue weighted by Gasteiger charge is -2.32. The first-order valence-corrected chi connectivity index (χ1v) is 8.61. The minimum Gasteiger partial charge on any atom is -0.481 e. The third-order valence-electron chi connectivity index (χ3n) is 4.66. The van der Waals surface area contributed by atoms with E-state index in [-0.39, 0.29) is 18.9 Å². The molecule has 0 aliphatic carbocycles. The molecule has 1 atom stereocenters. The number of amides is 1. The molecule has 1 aromatic carbocycles. The number of nitrogens with zero attached hydrogens (tertiary/aromatic N) is 3. The number of rotatable bonds is 4. The number of ether oxygens (including phenoxy) is 1. The third-order valence-corrected chi connectivity index (χ3v) is 4.66. The minimum atomic E-state index is -0.928. The number of morpholine rings is 1. The molecule has 3 rings (SSSR count). The van der Waals surface area contributed by atoms with Crippen molar-refractivity contribution in [1.29, 1.82) is 0 Å². The van der Waals surface area contributed by atoms with Crippen LogP contribution in [0.1, 0.15) is 33.6 Å². The molecule has 2 heterocycles. The SMILES string of the molecule is Cc1ccc(C)c(-n2ncc(C(=O)N3CCO[C@@H](CC(=O)O)C3)c2C)c1. The monoisotopic (exact) mass is 357 g/mol. The number of carbonyl (C=O) groups excluding carboxylic acids is 1. The number of hydrogen-bond donors (Lipinski definition) is 1. The van der Waals surface area contributed by atoms with Crippen LogP contribution in [-0.4, -0.2) is 57.5 Å². The summed E-state index contributed by atoms with van der Waals surface area (Å²) in [6.45, 7) is 6.97. The second-order valence-electron chi connectivity index (χ2n) is 6.69. The molecule has 0 saturated carbocycles. The van der Waals surface area contributed by atoms with Gasteiger partial charge in [-0.1, -0.05) is 12.1 Å². The van der Waals surface area contributed by atoms with Gasteiger partial charge in [-0.3, -0.25) is 9.59 Å². The van der Waals surface area contributed by atoms with Gasteiger partial charge in [0, 0.05) is 13.1 Å². The fourth-order valence-corrected chi connectivity index (χ4v) is 3.20. The molecule has 1 aliphatic heterocycles. The third kappa shape index (κ3) is 3.62. The number of hydrogen-bond acceptors (Lipinski definition) is 4. The lowest BCUT2D eigenvalue weighted by molar-refractivity contribution is -0.141. The number of aromatic nitrogens is 2. The van der Waals surface area contributed by atoms with E-state index in [2.05, 4.69) is 5.10 Å². The zero-order chi connectivity index (χ0) is 18.8. The van der Waals surface area contributed by atoms with Gasteiger partial charge in [0.15, 0.2) is 0 Å². The van der Waals surface area contributed by atoms with Crippen LogP contribution < -0.4 is 0 Å². The highest BCUT2D eigenvalue weighted by molar-refractivity contribution is 5.95. The average Bonchev–Trinajstić information content (AvgIpc) is 2.97. The Balaban J connectivity index is 1.84. The summed E-state index contributed by atoms with van der Waals surface area (Å²) in [6.07, 6.45) is 1.01. The summed E-state index contributed by atoms with van der Waals surface area (Å²) in [4.78, 5) is 25.5. The summed E-state index contributed by atoms with van der Waals surface area (Å²) in [5.74, 6) is -1.07. The number of aryl methyl sites for hydroxylation is 2. The first-order valence-electron chi connectivity index (χ1n) is 8.61. The number of carbonyl (C=O) groups is 2. The van der Waals surface area contributed by atoms with Gasteiger partial charge in [-0.2, -0.15) is 5.10 Å². The van der Waals surface area contributed by atoms with Crippen LogP contribution in [0.2, 0.25) is 0 Å². The summed E-state index contributed by atoms with van der Waals surface area (Å²) in [5.41, 5.74) is 4.45. The zero-order valence-corrected chi connectivity index (χ0v) is 15.2. The van der Waals surface area contributed by atoms with Gasteiger partial charge in [-0.25, -0.2) is 4.68 Å². The summed E-state index contributed by atoms with van der Waals surface area (Å²) in [7, 11) is 0. The van der Waals surface area contributed by atoms with Gasteiger partial charge in [0.25, 0.3) is 5.91 Å². The van der Waals surface area contributed by atoms with Gasteiger partial charge in [0.05, 0.1) is 42.3 Å². The number of aliphatic carboxylic acids is 1. The van der Waals surface area contributed by atoms with Crippen molar-refractivity contribution in [2.45, 2.75) is 33.3 Å². The Kier molecular flexibility index (Phi) is 5.08. The lowest BCUT2D eigenvalue weighted by atomic mass is 10.1. The molecule has 0 spiro atoms. The smallest absolute Gasteiger partial charge is 0.306 e. The summed E-state index contributed by atoms with van der Waals surface area (Å²) < 4.78 is 7.23. The molecular weight excluding hydrogens is 334 g/mol. The van der Waals surface area contributed by atoms with Crippen molar-refractivity contribution in [2.75, 3.05) is 19.7 Å². The molecule has 0 radical (unpaired) electrons. The molecule has 1 N–H and O–H groups in total. The molecule has 1 fully saturated rings. The second kappa shape index (κ2) is 7.29. The van der Waals surface area contributed by atoms with Gasteiger partial charge < -0.3 is 14.7 Å². The van der Waals surface area contributed by atoms with E-state index in [4.69, 9.17) is 9.84 Å². The van der Waals surface area contributed by atoms with Crippen molar-refractivity contribution in [2.24, 2.45) is 0 Å². The van der Waals surface area contributed by atoms with Crippen LogP contribution in [0.4, 0.5) is 0 Å². The van der Waals surface area contributed by atoms with Crippen LogP contribution >= 0.6 is 0 Å². The maximum absolute atomic E-state index is 12.9. The maximum atomic E-state index is 12.9. The quantitative estimate of drug-likeness (QED) is 0.906. The highest BCUT2D eigenvalue weighted by atomic mass is 16.5. The average molecular weight is 357 g/mol. The highest BCUT2D eigenvalue weighted by Crippen LogP contribution is 2.21. The van der Waals surface area contributed by atoms with Crippen LogP contribution in [0, 0.1) is 20.8 Å². The predicted octanol–water partition coefficient (Wildman–Crippen LogP) is 2.11. The predicted molar refractivity (Wildman–Crippen MR) is 95.7 cm³/mol. The van der Waals surface area contributed by atoms with E-state index in [9.17, 15) is 9.59 Å². The second-order valence-corrected chi connectivity index (χ2v) is 6.69. The largest absolute Gasteiger partial charge is 0.481 e.